The van der Waals surface area contributed by atoms with Gasteiger partial charge in [0, 0.05) is 42.1 Å². The second-order valence-electron chi connectivity index (χ2n) is 4.49. The van der Waals surface area contributed by atoms with Gasteiger partial charge in [0.15, 0.2) is 0 Å². The SMILES string of the molecule is COc1nccc(I)c1CN1CCC(OC)CC1. The van der Waals surface area contributed by atoms with Gasteiger partial charge < -0.3 is 9.47 Å². The Morgan fingerprint density at radius 2 is 2.11 bits per heavy atom. The molecule has 5 heteroatoms. The fourth-order valence-electron chi connectivity index (χ4n) is 2.30. The zero-order valence-corrected chi connectivity index (χ0v) is 13.0. The van der Waals surface area contributed by atoms with E-state index in [2.05, 4.69) is 32.5 Å². The Kier molecular flexibility index (Phi) is 5.20. The van der Waals surface area contributed by atoms with Crippen LogP contribution in [0.25, 0.3) is 0 Å². The van der Waals surface area contributed by atoms with Gasteiger partial charge in [0.2, 0.25) is 5.88 Å². The van der Waals surface area contributed by atoms with Gasteiger partial charge in [-0.25, -0.2) is 4.98 Å². The van der Waals surface area contributed by atoms with E-state index in [9.17, 15) is 0 Å². The number of aromatic nitrogens is 1. The Morgan fingerprint density at radius 3 is 2.72 bits per heavy atom. The molecule has 0 unspecified atom stereocenters. The molecule has 1 aromatic rings. The smallest absolute Gasteiger partial charge is 0.218 e. The Labute approximate surface area is 122 Å². The summed E-state index contributed by atoms with van der Waals surface area (Å²) in [5, 5.41) is 0. The van der Waals surface area contributed by atoms with Crippen LogP contribution in [0, 0.1) is 3.57 Å². The molecule has 0 radical (unpaired) electrons. The van der Waals surface area contributed by atoms with Crippen LogP contribution in [0.3, 0.4) is 0 Å². The van der Waals surface area contributed by atoms with Gasteiger partial charge in [0.25, 0.3) is 0 Å². The second-order valence-corrected chi connectivity index (χ2v) is 5.65. The highest BCUT2D eigenvalue weighted by molar-refractivity contribution is 14.1. The molecule has 0 aromatic carbocycles. The van der Waals surface area contributed by atoms with Gasteiger partial charge in [0.05, 0.1) is 13.2 Å². The highest BCUT2D eigenvalue weighted by Crippen LogP contribution is 2.24. The molecule has 1 saturated heterocycles. The monoisotopic (exact) mass is 362 g/mol. The van der Waals surface area contributed by atoms with E-state index in [1.165, 1.54) is 9.13 Å². The maximum absolute atomic E-state index is 5.39. The summed E-state index contributed by atoms with van der Waals surface area (Å²) in [4.78, 5) is 6.72. The Hall–Kier alpha value is -0.400. The summed E-state index contributed by atoms with van der Waals surface area (Å²) in [6, 6.07) is 2.03. The number of pyridine rings is 1. The molecule has 0 spiro atoms. The molecule has 100 valence electrons. The number of ether oxygens (including phenoxy) is 2. The molecule has 1 aliphatic rings. The first-order valence-corrected chi connectivity index (χ1v) is 7.25. The molecule has 1 aliphatic heterocycles. The summed E-state index contributed by atoms with van der Waals surface area (Å²) in [6.07, 6.45) is 4.43. The lowest BCUT2D eigenvalue weighted by Gasteiger charge is -2.31. The van der Waals surface area contributed by atoms with Crippen LogP contribution in [0.2, 0.25) is 0 Å². The lowest BCUT2D eigenvalue weighted by atomic mass is 10.1. The molecular weight excluding hydrogens is 343 g/mol. The molecule has 0 aliphatic carbocycles. The van der Waals surface area contributed by atoms with Crippen molar-refractivity contribution in [3.63, 3.8) is 0 Å². The van der Waals surface area contributed by atoms with Crippen LogP contribution in [0.5, 0.6) is 5.88 Å². The van der Waals surface area contributed by atoms with Gasteiger partial charge in [-0.2, -0.15) is 0 Å². The van der Waals surface area contributed by atoms with Gasteiger partial charge in [-0.1, -0.05) is 0 Å². The van der Waals surface area contributed by atoms with Crippen LogP contribution < -0.4 is 4.74 Å². The molecule has 0 amide bonds. The average molecular weight is 362 g/mol. The van der Waals surface area contributed by atoms with Gasteiger partial charge >= 0.3 is 0 Å². The quantitative estimate of drug-likeness (QED) is 0.770. The Balaban J connectivity index is 2.02. The van der Waals surface area contributed by atoms with E-state index < -0.39 is 0 Å². The maximum Gasteiger partial charge on any atom is 0.218 e. The number of halogens is 1. The first kappa shape index (κ1) is 14.0. The molecule has 4 nitrogen and oxygen atoms in total. The van der Waals surface area contributed by atoms with E-state index >= 15 is 0 Å². The summed E-state index contributed by atoms with van der Waals surface area (Å²) in [7, 11) is 3.48. The number of nitrogens with zero attached hydrogens (tertiary/aromatic N) is 2. The fraction of sp³-hybridized carbons (Fsp3) is 0.615. The van der Waals surface area contributed by atoms with Crippen molar-refractivity contribution in [3.05, 3.63) is 21.4 Å². The van der Waals surface area contributed by atoms with E-state index in [1.54, 1.807) is 20.4 Å². The number of hydrogen-bond donors (Lipinski definition) is 0. The van der Waals surface area contributed by atoms with E-state index in [0.717, 1.165) is 38.4 Å². The lowest BCUT2D eigenvalue weighted by molar-refractivity contribution is 0.0385. The predicted molar refractivity (Wildman–Crippen MR) is 78.8 cm³/mol. The first-order valence-electron chi connectivity index (χ1n) is 6.17. The van der Waals surface area contributed by atoms with Crippen LogP contribution >= 0.6 is 22.6 Å². The van der Waals surface area contributed by atoms with Crippen LogP contribution in [0.15, 0.2) is 12.3 Å². The number of piperidine rings is 1. The highest BCUT2D eigenvalue weighted by Gasteiger charge is 2.20. The summed E-state index contributed by atoms with van der Waals surface area (Å²) in [5.41, 5.74) is 1.19. The fourth-order valence-corrected chi connectivity index (χ4v) is 2.86. The minimum atomic E-state index is 0.427. The molecule has 0 saturated carbocycles. The third kappa shape index (κ3) is 3.33. The third-order valence-electron chi connectivity index (χ3n) is 3.40. The van der Waals surface area contributed by atoms with E-state index in [0.29, 0.717) is 6.10 Å². The maximum atomic E-state index is 5.39. The summed E-state index contributed by atoms with van der Waals surface area (Å²) in [6.45, 7) is 3.06. The third-order valence-corrected chi connectivity index (χ3v) is 4.41. The zero-order chi connectivity index (χ0) is 13.0. The number of likely N-dealkylation sites (tertiary alicyclic amines) is 1. The van der Waals surface area contributed by atoms with Crippen molar-refractivity contribution in [1.82, 2.24) is 9.88 Å². The molecule has 0 atom stereocenters. The average Bonchev–Trinajstić information content (AvgIpc) is 2.42. The van der Waals surface area contributed by atoms with Crippen molar-refractivity contribution in [2.24, 2.45) is 0 Å². The first-order chi connectivity index (χ1) is 8.74. The van der Waals surface area contributed by atoms with Gasteiger partial charge in [-0.05, 0) is 41.5 Å². The number of hydrogen-bond acceptors (Lipinski definition) is 4. The van der Waals surface area contributed by atoms with Crippen molar-refractivity contribution in [1.29, 1.82) is 0 Å². The van der Waals surface area contributed by atoms with Crippen molar-refractivity contribution in [3.8, 4) is 5.88 Å². The predicted octanol–water partition coefficient (Wildman–Crippen LogP) is 2.31. The van der Waals surface area contributed by atoms with Crippen molar-refractivity contribution < 1.29 is 9.47 Å². The van der Waals surface area contributed by atoms with E-state index in [1.807, 2.05) is 6.07 Å². The van der Waals surface area contributed by atoms with Crippen molar-refractivity contribution >= 4 is 22.6 Å². The van der Waals surface area contributed by atoms with Crippen LogP contribution in [0.1, 0.15) is 18.4 Å². The summed E-state index contributed by atoms with van der Waals surface area (Å²) >= 11 is 2.35. The Morgan fingerprint density at radius 1 is 1.39 bits per heavy atom. The molecular formula is C13H19IN2O2. The number of methoxy groups -OCH3 is 2. The van der Waals surface area contributed by atoms with Crippen LogP contribution in [0.4, 0.5) is 0 Å². The summed E-state index contributed by atoms with van der Waals surface area (Å²) < 4.78 is 12.0. The highest BCUT2D eigenvalue weighted by atomic mass is 127. The van der Waals surface area contributed by atoms with Gasteiger partial charge in [-0.15, -0.1) is 0 Å². The molecule has 2 heterocycles. The van der Waals surface area contributed by atoms with E-state index in [4.69, 9.17) is 9.47 Å². The largest absolute Gasteiger partial charge is 0.481 e. The topological polar surface area (TPSA) is 34.6 Å². The van der Waals surface area contributed by atoms with Crippen molar-refractivity contribution in [2.75, 3.05) is 27.3 Å². The summed E-state index contributed by atoms with van der Waals surface area (Å²) in [5.74, 6) is 0.746. The molecule has 1 fully saturated rings. The molecule has 0 N–H and O–H groups in total. The van der Waals surface area contributed by atoms with Crippen molar-refractivity contribution in [2.45, 2.75) is 25.5 Å². The zero-order valence-electron chi connectivity index (χ0n) is 10.9. The lowest BCUT2D eigenvalue weighted by Crippen LogP contribution is -2.36. The van der Waals surface area contributed by atoms with E-state index in [-0.39, 0.29) is 0 Å². The second kappa shape index (κ2) is 6.68. The Bertz CT molecular complexity index is 393. The van der Waals surface area contributed by atoms with Gasteiger partial charge in [-0.3, -0.25) is 4.90 Å². The molecule has 0 bridgehead atoms. The van der Waals surface area contributed by atoms with Crippen LogP contribution in [-0.4, -0.2) is 43.3 Å². The van der Waals surface area contributed by atoms with Crippen LogP contribution in [-0.2, 0) is 11.3 Å². The standard InChI is InChI=1S/C13H19IN2O2/c1-17-10-4-7-16(8-5-10)9-11-12(14)3-6-15-13(11)18-2/h3,6,10H,4-5,7-9H2,1-2H3. The normalized spacial score (nSPS) is 17.9. The molecule has 2 rings (SSSR count). The minimum Gasteiger partial charge on any atom is -0.481 e. The van der Waals surface area contributed by atoms with Gasteiger partial charge in [0.1, 0.15) is 0 Å². The number of rotatable bonds is 4. The minimum absolute atomic E-state index is 0.427. The molecule has 18 heavy (non-hydrogen) atoms. The molecule has 1 aromatic heterocycles.